The molecule has 1 saturated heterocycles. The summed E-state index contributed by atoms with van der Waals surface area (Å²) in [5, 5.41) is 6.97. The van der Waals surface area contributed by atoms with E-state index in [2.05, 4.69) is 10.6 Å². The predicted octanol–water partition coefficient (Wildman–Crippen LogP) is 2.53. The lowest BCUT2D eigenvalue weighted by Crippen LogP contribution is -2.35. The molecule has 4 nitrogen and oxygen atoms in total. The first kappa shape index (κ1) is 15.6. The number of hydrogen-bond acceptors (Lipinski definition) is 3. The topological polar surface area (TPSA) is 50.4 Å². The van der Waals surface area contributed by atoms with E-state index in [0.717, 1.165) is 37.9 Å². The van der Waals surface area contributed by atoms with E-state index >= 15 is 0 Å². The minimum atomic E-state index is 0.182. The first-order valence-electron chi connectivity index (χ1n) is 7.99. The molecule has 3 rings (SSSR count). The van der Waals surface area contributed by atoms with Gasteiger partial charge in [-0.25, -0.2) is 0 Å². The van der Waals surface area contributed by atoms with E-state index in [1.54, 1.807) is 0 Å². The molecule has 1 heterocycles. The Kier molecular flexibility index (Phi) is 4.59. The summed E-state index contributed by atoms with van der Waals surface area (Å²) in [6.07, 6.45) is 3.30. The molecule has 2 aliphatic rings. The van der Waals surface area contributed by atoms with Crippen LogP contribution in [-0.2, 0) is 4.79 Å². The highest BCUT2D eigenvalue weighted by atomic mass is 35.5. The van der Waals surface area contributed by atoms with E-state index in [1.165, 1.54) is 0 Å². The number of halogens is 1. The summed E-state index contributed by atoms with van der Waals surface area (Å²) in [5.74, 6) is 1.10. The van der Waals surface area contributed by atoms with Crippen molar-refractivity contribution in [2.45, 2.75) is 26.2 Å². The normalized spacial score (nSPS) is 22.4. The average molecular weight is 323 g/mol. The van der Waals surface area contributed by atoms with Crippen molar-refractivity contribution in [3.8, 4) is 5.75 Å². The molecule has 1 aliphatic heterocycles. The van der Waals surface area contributed by atoms with Gasteiger partial charge in [-0.15, -0.1) is 0 Å². The summed E-state index contributed by atoms with van der Waals surface area (Å²) in [5.41, 5.74) is 1.30. The van der Waals surface area contributed by atoms with E-state index in [0.29, 0.717) is 23.9 Å². The van der Waals surface area contributed by atoms with Gasteiger partial charge in [-0.2, -0.15) is 0 Å². The number of piperidine rings is 1. The highest BCUT2D eigenvalue weighted by molar-refractivity contribution is 6.32. The third-order valence-corrected chi connectivity index (χ3v) is 5.21. The third-order valence-electron chi connectivity index (χ3n) is 4.92. The summed E-state index contributed by atoms with van der Waals surface area (Å²) in [7, 11) is 0. The predicted molar refractivity (Wildman–Crippen MR) is 87.3 cm³/mol. The highest BCUT2D eigenvalue weighted by Gasteiger charge is 2.57. The number of benzene rings is 1. The van der Waals surface area contributed by atoms with Crippen molar-refractivity contribution >= 4 is 17.5 Å². The van der Waals surface area contributed by atoms with Crippen LogP contribution in [0.15, 0.2) is 18.2 Å². The van der Waals surface area contributed by atoms with Crippen LogP contribution < -0.4 is 15.4 Å². The molecular formula is C17H23ClN2O2. The number of carbonyl (C=O) groups is 1. The van der Waals surface area contributed by atoms with E-state index < -0.39 is 0 Å². The Hall–Kier alpha value is -1.26. The van der Waals surface area contributed by atoms with Crippen LogP contribution in [0, 0.1) is 18.3 Å². The van der Waals surface area contributed by atoms with Gasteiger partial charge in [0, 0.05) is 5.92 Å². The second-order valence-corrected chi connectivity index (χ2v) is 6.80. The van der Waals surface area contributed by atoms with Crippen molar-refractivity contribution in [1.82, 2.24) is 10.6 Å². The summed E-state index contributed by atoms with van der Waals surface area (Å²) < 4.78 is 5.70. The first-order valence-corrected chi connectivity index (χ1v) is 8.36. The van der Waals surface area contributed by atoms with Crippen LogP contribution in [0.5, 0.6) is 5.75 Å². The standard InChI is InChI=1S/C17H23ClN2O2/c1-12-3-2-4-14(18)15(12)22-10-9-20-16(21)13-11-17(13)5-7-19-8-6-17/h2-4,13,19H,5-11H2,1H3,(H,20,21)/t13-/m0/s1. The zero-order valence-corrected chi connectivity index (χ0v) is 13.7. The Morgan fingerprint density at radius 2 is 2.23 bits per heavy atom. The second kappa shape index (κ2) is 6.47. The number of rotatable bonds is 5. The monoisotopic (exact) mass is 322 g/mol. The van der Waals surface area contributed by atoms with Crippen molar-refractivity contribution in [3.05, 3.63) is 28.8 Å². The van der Waals surface area contributed by atoms with Gasteiger partial charge in [0.2, 0.25) is 5.91 Å². The van der Waals surface area contributed by atoms with E-state index in [4.69, 9.17) is 16.3 Å². The lowest BCUT2D eigenvalue weighted by molar-refractivity contribution is -0.123. The average Bonchev–Trinajstić information content (AvgIpc) is 3.20. The van der Waals surface area contributed by atoms with Crippen molar-refractivity contribution in [1.29, 1.82) is 0 Å². The minimum Gasteiger partial charge on any atom is -0.490 e. The molecule has 0 bridgehead atoms. The van der Waals surface area contributed by atoms with Gasteiger partial charge in [0.15, 0.2) is 0 Å². The third kappa shape index (κ3) is 3.23. The molecule has 22 heavy (non-hydrogen) atoms. The van der Waals surface area contributed by atoms with E-state index in [1.807, 2.05) is 25.1 Å². The molecule has 1 amide bonds. The molecular weight excluding hydrogens is 300 g/mol. The van der Waals surface area contributed by atoms with Crippen LogP contribution in [0.4, 0.5) is 0 Å². The van der Waals surface area contributed by atoms with Crippen LogP contribution in [-0.4, -0.2) is 32.1 Å². The van der Waals surface area contributed by atoms with Crippen LogP contribution in [0.2, 0.25) is 5.02 Å². The number of ether oxygens (including phenoxy) is 1. The fraction of sp³-hybridized carbons (Fsp3) is 0.588. The van der Waals surface area contributed by atoms with Gasteiger partial charge in [-0.05, 0) is 56.3 Å². The fourth-order valence-electron chi connectivity index (χ4n) is 3.45. The second-order valence-electron chi connectivity index (χ2n) is 6.39. The maximum atomic E-state index is 12.2. The molecule has 0 radical (unpaired) electrons. The summed E-state index contributed by atoms with van der Waals surface area (Å²) in [6.45, 7) is 5.01. The largest absolute Gasteiger partial charge is 0.490 e. The summed E-state index contributed by atoms with van der Waals surface area (Å²) in [4.78, 5) is 12.2. The molecule has 1 saturated carbocycles. The van der Waals surface area contributed by atoms with Gasteiger partial charge in [-0.1, -0.05) is 23.7 Å². The Bertz CT molecular complexity index is 535. The van der Waals surface area contributed by atoms with Gasteiger partial charge in [0.1, 0.15) is 12.4 Å². The SMILES string of the molecule is Cc1cccc(Cl)c1OCCNC(=O)[C@@H]1CC12CCNCC2. The van der Waals surface area contributed by atoms with Gasteiger partial charge >= 0.3 is 0 Å². The molecule has 5 heteroatoms. The fourth-order valence-corrected chi connectivity index (χ4v) is 3.72. The number of nitrogens with one attached hydrogen (secondary N) is 2. The van der Waals surface area contributed by atoms with E-state index in [-0.39, 0.29) is 17.2 Å². The number of amides is 1. The number of hydrogen-bond donors (Lipinski definition) is 2. The van der Waals surface area contributed by atoms with Gasteiger partial charge in [0.05, 0.1) is 11.6 Å². The zero-order valence-electron chi connectivity index (χ0n) is 13.0. The molecule has 1 spiro atoms. The van der Waals surface area contributed by atoms with Crippen LogP contribution in [0.1, 0.15) is 24.8 Å². The number of aryl methyl sites for hydroxylation is 1. The van der Waals surface area contributed by atoms with Crippen LogP contribution in [0.25, 0.3) is 0 Å². The Morgan fingerprint density at radius 3 is 2.95 bits per heavy atom. The molecule has 1 aromatic carbocycles. The first-order chi connectivity index (χ1) is 10.6. The van der Waals surface area contributed by atoms with Crippen LogP contribution >= 0.6 is 11.6 Å². The number of carbonyl (C=O) groups excluding carboxylic acids is 1. The Morgan fingerprint density at radius 1 is 1.45 bits per heavy atom. The van der Waals surface area contributed by atoms with Crippen molar-refractivity contribution in [2.24, 2.45) is 11.3 Å². The lowest BCUT2D eigenvalue weighted by atomic mass is 9.92. The molecule has 0 unspecified atom stereocenters. The van der Waals surface area contributed by atoms with Crippen LogP contribution in [0.3, 0.4) is 0 Å². The molecule has 1 atom stereocenters. The van der Waals surface area contributed by atoms with Gasteiger partial charge in [-0.3, -0.25) is 4.79 Å². The highest BCUT2D eigenvalue weighted by Crippen LogP contribution is 2.58. The number of para-hydroxylation sites is 1. The van der Waals surface area contributed by atoms with Crippen molar-refractivity contribution in [3.63, 3.8) is 0 Å². The lowest BCUT2D eigenvalue weighted by Gasteiger charge is -2.23. The maximum Gasteiger partial charge on any atom is 0.223 e. The zero-order chi connectivity index (χ0) is 15.6. The molecule has 120 valence electrons. The maximum absolute atomic E-state index is 12.2. The molecule has 2 N–H and O–H groups in total. The minimum absolute atomic E-state index is 0.182. The van der Waals surface area contributed by atoms with Gasteiger partial charge < -0.3 is 15.4 Å². The summed E-state index contributed by atoms with van der Waals surface area (Å²) in [6, 6.07) is 5.68. The summed E-state index contributed by atoms with van der Waals surface area (Å²) >= 11 is 6.11. The molecule has 1 aromatic rings. The van der Waals surface area contributed by atoms with Gasteiger partial charge in [0.25, 0.3) is 0 Å². The smallest absolute Gasteiger partial charge is 0.223 e. The Labute approximate surface area is 136 Å². The molecule has 2 fully saturated rings. The Balaban J connectivity index is 1.41. The molecule has 0 aromatic heterocycles. The van der Waals surface area contributed by atoms with Crippen molar-refractivity contribution in [2.75, 3.05) is 26.2 Å². The van der Waals surface area contributed by atoms with Crippen molar-refractivity contribution < 1.29 is 9.53 Å². The molecule has 1 aliphatic carbocycles. The van der Waals surface area contributed by atoms with E-state index in [9.17, 15) is 4.79 Å². The quantitative estimate of drug-likeness (QED) is 0.819.